The van der Waals surface area contributed by atoms with Crippen molar-refractivity contribution in [1.29, 1.82) is 5.26 Å². The summed E-state index contributed by atoms with van der Waals surface area (Å²) in [7, 11) is 2.00. The Morgan fingerprint density at radius 1 is 0.974 bits per heavy atom. The molecule has 1 N–H and O–H groups in total. The van der Waals surface area contributed by atoms with Crippen molar-refractivity contribution < 1.29 is 19.4 Å². The molecule has 0 radical (unpaired) electrons. The minimum atomic E-state index is -0.729. The molecule has 0 amide bonds. The van der Waals surface area contributed by atoms with Crippen LogP contribution in [0.15, 0.2) is 84.9 Å². The fourth-order valence-corrected chi connectivity index (χ4v) is 4.54. The number of carbonyl (C=O) groups excluding carboxylic acids is 1. The first-order valence-corrected chi connectivity index (χ1v) is 13.2. The third-order valence-electron chi connectivity index (χ3n) is 6.86. The zero-order valence-corrected chi connectivity index (χ0v) is 22.6. The van der Waals surface area contributed by atoms with Crippen LogP contribution in [0.2, 0.25) is 0 Å². The Labute approximate surface area is 230 Å². The summed E-state index contributed by atoms with van der Waals surface area (Å²) < 4.78 is 11.0. The molecule has 0 fully saturated rings. The standard InChI is InChI=1S/C33H34N2O4/c1-4-38-33(37)27-13-11-26(12-14-27)29-15-16-30(20-34)32(19-29)39-22-31(36)21-35(3)23(2)17-24-9-10-25-7-5-6-8-28(25)18-24/h5-16,18-19,23,31,36H,4,17,21-22H2,1-3H3/t23?,31-/m1/s1. The number of hydrogen-bond acceptors (Lipinski definition) is 6. The number of aliphatic hydroxyl groups is 1. The summed E-state index contributed by atoms with van der Waals surface area (Å²) in [6.07, 6.45) is 0.137. The third-order valence-corrected chi connectivity index (χ3v) is 6.86. The molecule has 2 atom stereocenters. The van der Waals surface area contributed by atoms with Crippen LogP contribution in [-0.2, 0) is 11.2 Å². The molecule has 0 aliphatic rings. The maximum Gasteiger partial charge on any atom is 0.338 e. The first-order valence-electron chi connectivity index (χ1n) is 13.2. The van der Waals surface area contributed by atoms with Crippen LogP contribution in [0.4, 0.5) is 0 Å². The van der Waals surface area contributed by atoms with E-state index in [1.807, 2.05) is 37.4 Å². The molecule has 6 heteroatoms. The van der Waals surface area contributed by atoms with Gasteiger partial charge in [0.15, 0.2) is 0 Å². The first-order chi connectivity index (χ1) is 18.9. The third kappa shape index (κ3) is 7.23. The molecular formula is C33H34N2O4. The molecule has 0 aliphatic carbocycles. The number of likely N-dealkylation sites (N-methyl/N-ethyl adjacent to an activating group) is 1. The SMILES string of the molecule is CCOC(=O)c1ccc(-c2ccc(C#N)c(OC[C@H](O)CN(C)C(C)Cc3ccc4ccccc4c3)c2)cc1. The summed E-state index contributed by atoms with van der Waals surface area (Å²) in [5, 5.41) is 22.7. The van der Waals surface area contributed by atoms with E-state index in [1.54, 1.807) is 31.2 Å². The zero-order chi connectivity index (χ0) is 27.8. The smallest absolute Gasteiger partial charge is 0.338 e. The van der Waals surface area contributed by atoms with Crippen LogP contribution in [0.25, 0.3) is 21.9 Å². The largest absolute Gasteiger partial charge is 0.489 e. The van der Waals surface area contributed by atoms with E-state index < -0.39 is 6.10 Å². The molecule has 4 aromatic rings. The van der Waals surface area contributed by atoms with Crippen molar-refractivity contribution in [1.82, 2.24) is 4.90 Å². The normalized spacial score (nSPS) is 12.6. The average Bonchev–Trinajstić information content (AvgIpc) is 2.96. The van der Waals surface area contributed by atoms with Gasteiger partial charge in [-0.1, -0.05) is 60.7 Å². The molecule has 1 unspecified atom stereocenters. The number of aliphatic hydroxyl groups excluding tert-OH is 1. The molecule has 0 aromatic heterocycles. The molecule has 39 heavy (non-hydrogen) atoms. The van der Waals surface area contributed by atoms with Gasteiger partial charge in [0.25, 0.3) is 0 Å². The molecule has 4 rings (SSSR count). The molecule has 0 aliphatic heterocycles. The number of nitrogens with zero attached hydrogens (tertiary/aromatic N) is 2. The van der Waals surface area contributed by atoms with Gasteiger partial charge in [-0.25, -0.2) is 4.79 Å². The van der Waals surface area contributed by atoms with Gasteiger partial charge < -0.3 is 19.5 Å². The summed E-state index contributed by atoms with van der Waals surface area (Å²) in [6.45, 7) is 4.74. The molecule has 0 bridgehead atoms. The van der Waals surface area contributed by atoms with E-state index in [1.165, 1.54) is 16.3 Å². The van der Waals surface area contributed by atoms with Crippen molar-refractivity contribution in [3.8, 4) is 22.9 Å². The first kappa shape index (κ1) is 27.8. The number of fused-ring (bicyclic) bond motifs is 1. The van der Waals surface area contributed by atoms with Crippen LogP contribution >= 0.6 is 0 Å². The number of rotatable bonds is 11. The predicted molar refractivity (Wildman–Crippen MR) is 154 cm³/mol. The number of hydrogen-bond donors (Lipinski definition) is 1. The van der Waals surface area contributed by atoms with Crippen molar-refractivity contribution in [2.45, 2.75) is 32.4 Å². The lowest BCUT2D eigenvalue weighted by atomic mass is 10.0. The van der Waals surface area contributed by atoms with Crippen LogP contribution < -0.4 is 4.74 Å². The molecule has 200 valence electrons. The van der Waals surface area contributed by atoms with E-state index in [0.717, 1.165) is 17.5 Å². The molecular weight excluding hydrogens is 488 g/mol. The van der Waals surface area contributed by atoms with Gasteiger partial charge in [0.05, 0.1) is 17.7 Å². The maximum absolute atomic E-state index is 11.9. The summed E-state index contributed by atoms with van der Waals surface area (Å²) >= 11 is 0. The number of nitriles is 1. The highest BCUT2D eigenvalue weighted by atomic mass is 16.5. The van der Waals surface area contributed by atoms with E-state index in [2.05, 4.69) is 48.2 Å². The second kappa shape index (κ2) is 13.1. The highest BCUT2D eigenvalue weighted by molar-refractivity contribution is 5.90. The highest BCUT2D eigenvalue weighted by Gasteiger charge is 2.17. The summed E-state index contributed by atoms with van der Waals surface area (Å²) in [5.41, 5.74) is 3.85. The molecule has 6 nitrogen and oxygen atoms in total. The molecule has 0 saturated heterocycles. The van der Waals surface area contributed by atoms with Crippen molar-refractivity contribution in [2.75, 3.05) is 26.8 Å². The number of esters is 1. The Bertz CT molecular complexity index is 1460. The van der Waals surface area contributed by atoms with Crippen molar-refractivity contribution in [2.24, 2.45) is 0 Å². The molecule has 0 heterocycles. The van der Waals surface area contributed by atoms with Crippen molar-refractivity contribution >= 4 is 16.7 Å². The lowest BCUT2D eigenvalue weighted by Crippen LogP contribution is -2.39. The predicted octanol–water partition coefficient (Wildman–Crippen LogP) is 5.86. The van der Waals surface area contributed by atoms with E-state index in [0.29, 0.717) is 30.0 Å². The van der Waals surface area contributed by atoms with Crippen molar-refractivity contribution in [3.05, 3.63) is 102 Å². The summed E-state index contributed by atoms with van der Waals surface area (Å²) in [5.74, 6) is 0.0498. The average molecular weight is 523 g/mol. The van der Waals surface area contributed by atoms with Gasteiger partial charge in [-0.3, -0.25) is 0 Å². The summed E-state index contributed by atoms with van der Waals surface area (Å²) in [6, 6.07) is 29.6. The van der Waals surface area contributed by atoms with Crippen LogP contribution in [-0.4, -0.2) is 54.9 Å². The minimum absolute atomic E-state index is 0.0625. The van der Waals surface area contributed by atoms with E-state index >= 15 is 0 Å². The van der Waals surface area contributed by atoms with Crippen LogP contribution in [0.3, 0.4) is 0 Å². The lowest BCUT2D eigenvalue weighted by Gasteiger charge is -2.27. The monoisotopic (exact) mass is 522 g/mol. The molecule has 4 aromatic carbocycles. The number of benzene rings is 4. The number of ether oxygens (including phenoxy) is 2. The zero-order valence-electron chi connectivity index (χ0n) is 22.6. The van der Waals surface area contributed by atoms with Gasteiger partial charge in [-0.2, -0.15) is 5.26 Å². The van der Waals surface area contributed by atoms with Gasteiger partial charge in [0.1, 0.15) is 24.5 Å². The van der Waals surface area contributed by atoms with Gasteiger partial charge in [0, 0.05) is 12.6 Å². The lowest BCUT2D eigenvalue weighted by molar-refractivity contribution is 0.0526. The molecule has 0 spiro atoms. The van der Waals surface area contributed by atoms with Gasteiger partial charge >= 0.3 is 5.97 Å². The van der Waals surface area contributed by atoms with Crippen LogP contribution in [0.1, 0.15) is 35.3 Å². The van der Waals surface area contributed by atoms with E-state index in [-0.39, 0.29) is 18.6 Å². The van der Waals surface area contributed by atoms with Crippen LogP contribution in [0.5, 0.6) is 5.75 Å². The number of carbonyl (C=O) groups is 1. The quantitative estimate of drug-likeness (QED) is 0.249. The van der Waals surface area contributed by atoms with Gasteiger partial charge in [-0.15, -0.1) is 0 Å². The summed E-state index contributed by atoms with van der Waals surface area (Å²) in [4.78, 5) is 14.1. The fraction of sp³-hybridized carbons (Fsp3) is 0.273. The van der Waals surface area contributed by atoms with E-state index in [4.69, 9.17) is 9.47 Å². The fourth-order valence-electron chi connectivity index (χ4n) is 4.54. The Morgan fingerprint density at radius 2 is 1.69 bits per heavy atom. The molecule has 0 saturated carbocycles. The second-order valence-electron chi connectivity index (χ2n) is 9.76. The topological polar surface area (TPSA) is 82.8 Å². The Morgan fingerprint density at radius 3 is 2.41 bits per heavy atom. The van der Waals surface area contributed by atoms with Crippen molar-refractivity contribution in [3.63, 3.8) is 0 Å². The second-order valence-corrected chi connectivity index (χ2v) is 9.76. The highest BCUT2D eigenvalue weighted by Crippen LogP contribution is 2.28. The van der Waals surface area contributed by atoms with E-state index in [9.17, 15) is 15.2 Å². The Hall–Kier alpha value is -4.18. The van der Waals surface area contributed by atoms with Crippen LogP contribution in [0, 0.1) is 11.3 Å². The Balaban J connectivity index is 1.35. The van der Waals surface area contributed by atoms with Gasteiger partial charge in [-0.05, 0) is 79.0 Å². The maximum atomic E-state index is 11.9. The van der Waals surface area contributed by atoms with Gasteiger partial charge in [0.2, 0.25) is 0 Å². The minimum Gasteiger partial charge on any atom is -0.489 e. The Kier molecular flexibility index (Phi) is 9.32.